The molecular weight excluding hydrogens is 338 g/mol. The Kier molecular flexibility index (Phi) is 6.03. The summed E-state index contributed by atoms with van der Waals surface area (Å²) in [5, 5.41) is 12.9. The number of ether oxygens (including phenoxy) is 1. The summed E-state index contributed by atoms with van der Waals surface area (Å²) >= 11 is 0. The number of rotatable bonds is 5. The second kappa shape index (κ2) is 8.09. The molecule has 1 heterocycles. The maximum Gasteiger partial charge on any atom is 0.175 e. The second-order valence-electron chi connectivity index (χ2n) is 7.84. The van der Waals surface area contributed by atoms with E-state index >= 15 is 0 Å². The number of nitrogens with one attached hydrogen (secondary N) is 1. The van der Waals surface area contributed by atoms with Crippen molar-refractivity contribution in [2.24, 2.45) is 0 Å². The third kappa shape index (κ3) is 4.29. The molecule has 0 amide bonds. The van der Waals surface area contributed by atoms with Crippen molar-refractivity contribution in [3.8, 4) is 5.75 Å². The number of likely N-dealkylation sites (tertiary alicyclic amines) is 1. The van der Waals surface area contributed by atoms with Gasteiger partial charge in [0.15, 0.2) is 11.6 Å². The smallest absolute Gasteiger partial charge is 0.175 e. The van der Waals surface area contributed by atoms with E-state index in [-0.39, 0.29) is 17.3 Å². The Morgan fingerprint density at radius 2 is 1.85 bits per heavy atom. The number of benzene rings is 1. The van der Waals surface area contributed by atoms with Gasteiger partial charge in [0.1, 0.15) is 5.82 Å². The molecule has 1 aliphatic carbocycles. The minimum absolute atomic E-state index is 0.113. The molecule has 0 atom stereocenters. The van der Waals surface area contributed by atoms with Crippen LogP contribution in [0.1, 0.15) is 52.4 Å². The topological polar surface area (TPSA) is 44.7 Å². The van der Waals surface area contributed by atoms with Gasteiger partial charge in [-0.3, -0.25) is 4.90 Å². The molecule has 1 aliphatic heterocycles. The maximum absolute atomic E-state index is 13.5. The molecule has 0 spiro atoms. The Labute approximate surface area is 154 Å². The lowest BCUT2D eigenvalue weighted by Crippen LogP contribution is -2.53. The summed E-state index contributed by atoms with van der Waals surface area (Å²) in [7, 11) is 0. The number of hydrogen-bond donors (Lipinski definition) is 2. The first-order valence-electron chi connectivity index (χ1n) is 9.72. The van der Waals surface area contributed by atoms with E-state index in [0.29, 0.717) is 12.2 Å². The van der Waals surface area contributed by atoms with E-state index in [1.165, 1.54) is 0 Å². The lowest BCUT2D eigenvalue weighted by Gasteiger charge is -2.48. The summed E-state index contributed by atoms with van der Waals surface area (Å²) in [6.45, 7) is 7.08. The minimum atomic E-state index is -0.927. The molecule has 4 nitrogen and oxygen atoms in total. The van der Waals surface area contributed by atoms with Crippen molar-refractivity contribution in [1.82, 2.24) is 4.90 Å². The fourth-order valence-electron chi connectivity index (χ4n) is 4.39. The van der Waals surface area contributed by atoms with Crippen LogP contribution in [0.15, 0.2) is 12.1 Å². The third-order valence-corrected chi connectivity index (χ3v) is 6.06. The van der Waals surface area contributed by atoms with Crippen LogP contribution < -0.4 is 5.32 Å². The molecule has 6 heteroatoms. The number of nitrogens with zero attached hydrogens (tertiary/aromatic N) is 1. The lowest BCUT2D eigenvalue weighted by atomic mass is 9.79. The molecule has 0 unspecified atom stereocenters. The van der Waals surface area contributed by atoms with Gasteiger partial charge in [-0.2, -0.15) is 0 Å². The van der Waals surface area contributed by atoms with Crippen molar-refractivity contribution in [2.45, 2.75) is 70.1 Å². The molecule has 2 aliphatic rings. The van der Waals surface area contributed by atoms with E-state index in [4.69, 9.17) is 4.74 Å². The highest BCUT2D eigenvalue weighted by molar-refractivity contribution is 5.57. The van der Waals surface area contributed by atoms with Gasteiger partial charge in [-0.05, 0) is 52.4 Å². The van der Waals surface area contributed by atoms with Crippen LogP contribution in [0, 0.1) is 11.6 Å². The zero-order valence-corrected chi connectivity index (χ0v) is 15.7. The highest BCUT2D eigenvalue weighted by Gasteiger charge is 2.38. The van der Waals surface area contributed by atoms with Crippen molar-refractivity contribution in [2.75, 3.05) is 25.0 Å². The van der Waals surface area contributed by atoms with Gasteiger partial charge >= 0.3 is 0 Å². The van der Waals surface area contributed by atoms with E-state index in [9.17, 15) is 13.9 Å². The molecule has 3 rings (SSSR count). The van der Waals surface area contributed by atoms with Crippen LogP contribution >= 0.6 is 0 Å². The quantitative estimate of drug-likeness (QED) is 0.762. The maximum atomic E-state index is 13.5. The summed E-state index contributed by atoms with van der Waals surface area (Å²) in [6, 6.07) is 1.96. The first-order valence-corrected chi connectivity index (χ1v) is 9.72. The zero-order valence-electron chi connectivity index (χ0n) is 15.7. The molecule has 0 aromatic heterocycles. The average molecular weight is 368 g/mol. The number of phenols is 1. The summed E-state index contributed by atoms with van der Waals surface area (Å²) in [5.74, 6) is -2.11. The van der Waals surface area contributed by atoms with Crippen molar-refractivity contribution < 1.29 is 18.6 Å². The summed E-state index contributed by atoms with van der Waals surface area (Å²) in [5.41, 5.74) is 0.357. The lowest BCUT2D eigenvalue weighted by molar-refractivity contribution is -0.0242. The zero-order chi connectivity index (χ0) is 18.7. The van der Waals surface area contributed by atoms with Crippen LogP contribution in [0.4, 0.5) is 14.5 Å². The molecule has 0 radical (unpaired) electrons. The van der Waals surface area contributed by atoms with Gasteiger partial charge in [-0.1, -0.05) is 0 Å². The fourth-order valence-corrected chi connectivity index (χ4v) is 4.39. The van der Waals surface area contributed by atoms with Crippen LogP contribution in [0.2, 0.25) is 0 Å². The Morgan fingerprint density at radius 1 is 1.19 bits per heavy atom. The van der Waals surface area contributed by atoms with Gasteiger partial charge < -0.3 is 15.2 Å². The summed E-state index contributed by atoms with van der Waals surface area (Å²) in [6.07, 6.45) is 6.69. The SMILES string of the molecule is CCO[C@H]1CC[C@](C)(N2CCC(Nc3cc(F)cc(F)c3O)CC2)CC1. The average Bonchev–Trinajstić information content (AvgIpc) is 2.62. The molecule has 146 valence electrons. The van der Waals surface area contributed by atoms with Gasteiger partial charge in [-0.15, -0.1) is 0 Å². The van der Waals surface area contributed by atoms with Crippen LogP contribution in [-0.2, 0) is 4.74 Å². The predicted octanol–water partition coefficient (Wildman–Crippen LogP) is 4.28. The van der Waals surface area contributed by atoms with Gasteiger partial charge in [0, 0.05) is 43.4 Å². The molecule has 2 fully saturated rings. The molecule has 0 bridgehead atoms. The second-order valence-corrected chi connectivity index (χ2v) is 7.84. The van der Waals surface area contributed by atoms with Crippen molar-refractivity contribution in [3.05, 3.63) is 23.8 Å². The normalized spacial score (nSPS) is 28.2. The summed E-state index contributed by atoms with van der Waals surface area (Å²) in [4.78, 5) is 2.55. The molecular formula is C20H30F2N2O2. The van der Waals surface area contributed by atoms with E-state index in [1.807, 2.05) is 6.92 Å². The number of piperidine rings is 1. The van der Waals surface area contributed by atoms with Gasteiger partial charge in [-0.25, -0.2) is 8.78 Å². The molecule has 26 heavy (non-hydrogen) atoms. The Morgan fingerprint density at radius 3 is 2.46 bits per heavy atom. The summed E-state index contributed by atoms with van der Waals surface area (Å²) < 4.78 is 32.6. The molecule has 2 N–H and O–H groups in total. The van der Waals surface area contributed by atoms with Crippen LogP contribution in [0.3, 0.4) is 0 Å². The Hall–Kier alpha value is -1.40. The standard InChI is InChI=1S/C20H30F2N2O2/c1-3-26-16-4-8-20(2,9-5-16)24-10-6-15(7-11-24)23-18-13-14(21)12-17(22)19(18)25/h12-13,15-16,23,25H,3-11H2,1-2H3/t16-,20-. The predicted molar refractivity (Wildman–Crippen MR) is 98.5 cm³/mol. The first-order chi connectivity index (χ1) is 12.4. The molecule has 1 saturated carbocycles. The fraction of sp³-hybridized carbons (Fsp3) is 0.700. The van der Waals surface area contributed by atoms with E-state index < -0.39 is 17.4 Å². The highest BCUT2D eigenvalue weighted by Crippen LogP contribution is 2.37. The molecule has 1 aromatic rings. The van der Waals surface area contributed by atoms with Crippen molar-refractivity contribution in [1.29, 1.82) is 0 Å². The van der Waals surface area contributed by atoms with Crippen molar-refractivity contribution in [3.63, 3.8) is 0 Å². The van der Waals surface area contributed by atoms with Gasteiger partial charge in [0.05, 0.1) is 11.8 Å². The number of anilines is 1. The largest absolute Gasteiger partial charge is 0.503 e. The number of aromatic hydroxyl groups is 1. The minimum Gasteiger partial charge on any atom is -0.503 e. The van der Waals surface area contributed by atoms with Crippen LogP contribution in [0.25, 0.3) is 0 Å². The number of phenolic OH excluding ortho intramolecular Hbond substituents is 1. The number of halogens is 2. The van der Waals surface area contributed by atoms with E-state index in [0.717, 1.165) is 64.3 Å². The molecule has 1 saturated heterocycles. The van der Waals surface area contributed by atoms with Gasteiger partial charge in [0.25, 0.3) is 0 Å². The van der Waals surface area contributed by atoms with E-state index in [2.05, 4.69) is 17.1 Å². The molecule has 1 aromatic carbocycles. The van der Waals surface area contributed by atoms with E-state index in [1.54, 1.807) is 0 Å². The Bertz CT molecular complexity index is 610. The highest BCUT2D eigenvalue weighted by atomic mass is 19.1. The monoisotopic (exact) mass is 368 g/mol. The van der Waals surface area contributed by atoms with Gasteiger partial charge in [0.2, 0.25) is 0 Å². The Balaban J connectivity index is 1.53. The van der Waals surface area contributed by atoms with Crippen LogP contribution in [0.5, 0.6) is 5.75 Å². The third-order valence-electron chi connectivity index (χ3n) is 6.06. The number of hydrogen-bond acceptors (Lipinski definition) is 4. The van der Waals surface area contributed by atoms with Crippen molar-refractivity contribution >= 4 is 5.69 Å². The first kappa shape index (κ1) is 19.4. The van der Waals surface area contributed by atoms with Crippen LogP contribution in [-0.4, -0.2) is 47.4 Å².